The maximum atomic E-state index is 11.5. The molecule has 1 aromatic carbocycles. The van der Waals surface area contributed by atoms with E-state index in [0.717, 1.165) is 12.5 Å². The van der Waals surface area contributed by atoms with Crippen LogP contribution in [0, 0.1) is 0 Å². The molecule has 0 fully saturated rings. The van der Waals surface area contributed by atoms with Gasteiger partial charge in [0.25, 0.3) is 0 Å². The van der Waals surface area contributed by atoms with Gasteiger partial charge in [-0.15, -0.1) is 0 Å². The number of hydrogen-bond donors (Lipinski definition) is 1. The highest BCUT2D eigenvalue weighted by Gasteiger charge is 2.20. The highest BCUT2D eigenvalue weighted by Crippen LogP contribution is 2.22. The topological polar surface area (TPSA) is 104 Å². The predicted octanol–water partition coefficient (Wildman–Crippen LogP) is -0.116. The van der Waals surface area contributed by atoms with E-state index in [4.69, 9.17) is 5.90 Å². The molecule has 0 spiro atoms. The molecule has 8 heteroatoms. The molecule has 0 saturated carbocycles. The van der Waals surface area contributed by atoms with E-state index in [2.05, 4.69) is 4.84 Å². The third kappa shape index (κ3) is 3.50. The van der Waals surface area contributed by atoms with Gasteiger partial charge in [-0.05, 0) is 17.7 Å². The molecule has 0 radical (unpaired) electrons. The van der Waals surface area contributed by atoms with Gasteiger partial charge in [-0.3, -0.25) is 4.84 Å². The third-order valence-corrected chi connectivity index (χ3v) is 4.48. The van der Waals surface area contributed by atoms with Crippen LogP contribution in [0.5, 0.6) is 0 Å². The molecule has 0 aromatic heterocycles. The van der Waals surface area contributed by atoms with Gasteiger partial charge in [0, 0.05) is 12.5 Å². The minimum atomic E-state index is -3.63. The Bertz CT molecular complexity index is 619. The molecule has 17 heavy (non-hydrogen) atoms. The monoisotopic (exact) mass is 279 g/mol. The molecule has 0 bridgehead atoms. The van der Waals surface area contributed by atoms with E-state index in [9.17, 15) is 16.8 Å². The van der Waals surface area contributed by atoms with Gasteiger partial charge < -0.3 is 0 Å². The highest BCUT2D eigenvalue weighted by molar-refractivity contribution is 7.93. The zero-order valence-corrected chi connectivity index (χ0v) is 11.0. The molecule has 1 aromatic rings. The van der Waals surface area contributed by atoms with E-state index in [1.54, 1.807) is 0 Å². The van der Waals surface area contributed by atoms with Crippen LogP contribution in [0.4, 0.5) is 0 Å². The van der Waals surface area contributed by atoms with E-state index >= 15 is 0 Å². The van der Waals surface area contributed by atoms with Gasteiger partial charge in [0.05, 0.1) is 16.4 Å². The van der Waals surface area contributed by atoms with Crippen molar-refractivity contribution in [1.82, 2.24) is 0 Å². The van der Waals surface area contributed by atoms with Gasteiger partial charge >= 0.3 is 0 Å². The van der Waals surface area contributed by atoms with Crippen LogP contribution in [0.1, 0.15) is 5.56 Å². The zero-order valence-electron chi connectivity index (χ0n) is 9.37. The largest absolute Gasteiger partial charge is 0.300 e. The first kappa shape index (κ1) is 14.1. The van der Waals surface area contributed by atoms with Gasteiger partial charge in [0.2, 0.25) is 0 Å². The highest BCUT2D eigenvalue weighted by atomic mass is 32.2. The molecule has 0 saturated heterocycles. The molecular formula is C9H13NO5S2. The lowest BCUT2D eigenvalue weighted by Crippen LogP contribution is -2.09. The van der Waals surface area contributed by atoms with E-state index < -0.39 is 19.7 Å². The summed E-state index contributed by atoms with van der Waals surface area (Å²) >= 11 is 0. The Kier molecular flexibility index (Phi) is 3.92. The fourth-order valence-corrected chi connectivity index (χ4v) is 3.78. The van der Waals surface area contributed by atoms with Crippen molar-refractivity contribution >= 4 is 19.7 Å². The summed E-state index contributed by atoms with van der Waals surface area (Å²) in [5, 5.41) is 0. The molecule has 0 heterocycles. The van der Waals surface area contributed by atoms with Crippen LogP contribution in [0.2, 0.25) is 0 Å². The second-order valence-electron chi connectivity index (χ2n) is 3.64. The van der Waals surface area contributed by atoms with Gasteiger partial charge in [-0.25, -0.2) is 22.7 Å². The second kappa shape index (κ2) is 4.73. The molecule has 0 atom stereocenters. The van der Waals surface area contributed by atoms with Crippen LogP contribution < -0.4 is 5.90 Å². The van der Waals surface area contributed by atoms with Crippen LogP contribution in [-0.2, 0) is 31.1 Å². The lowest BCUT2D eigenvalue weighted by atomic mass is 10.2. The average molecular weight is 279 g/mol. The number of benzene rings is 1. The Morgan fingerprint density at radius 1 is 1.06 bits per heavy atom. The smallest absolute Gasteiger partial charge is 0.176 e. The molecule has 2 N–H and O–H groups in total. The predicted molar refractivity (Wildman–Crippen MR) is 61.6 cm³/mol. The van der Waals surface area contributed by atoms with Crippen LogP contribution in [0.25, 0.3) is 0 Å². The Hall–Kier alpha value is -0.960. The molecule has 0 unspecified atom stereocenters. The Morgan fingerprint density at radius 2 is 1.59 bits per heavy atom. The molecule has 0 aliphatic heterocycles. The lowest BCUT2D eigenvalue weighted by molar-refractivity contribution is 0.124. The molecule has 1 rings (SSSR count). The summed E-state index contributed by atoms with van der Waals surface area (Å²) in [5.41, 5.74) is 0.486. The Labute approximate surface area is 100 Å². The zero-order chi connectivity index (χ0) is 13.3. The first-order valence-corrected chi connectivity index (χ1v) is 8.29. The van der Waals surface area contributed by atoms with Crippen molar-refractivity contribution < 1.29 is 21.7 Å². The van der Waals surface area contributed by atoms with Crippen LogP contribution in [-0.4, -0.2) is 29.3 Å². The van der Waals surface area contributed by atoms with E-state index in [1.807, 2.05) is 0 Å². The van der Waals surface area contributed by atoms with Crippen molar-refractivity contribution in [2.24, 2.45) is 5.90 Å². The number of hydrogen-bond acceptors (Lipinski definition) is 6. The molecular weight excluding hydrogens is 266 g/mol. The first-order valence-electron chi connectivity index (χ1n) is 4.51. The van der Waals surface area contributed by atoms with E-state index in [1.165, 1.54) is 18.2 Å². The fraction of sp³-hybridized carbons (Fsp3) is 0.333. The Balaban J connectivity index is 3.55. The maximum Gasteiger partial charge on any atom is 0.176 e. The van der Waals surface area contributed by atoms with Crippen molar-refractivity contribution in [2.45, 2.75) is 16.4 Å². The quantitative estimate of drug-likeness (QED) is 0.771. The fourth-order valence-electron chi connectivity index (χ4n) is 1.33. The standard InChI is InChI=1S/C9H13NO5S2/c1-16(11,12)8-4-3-7(6-15-10)5-9(8)17(2,13)14/h3-5H,6,10H2,1-2H3. The normalized spacial score (nSPS) is 12.6. The van der Waals surface area contributed by atoms with Crippen molar-refractivity contribution in [3.05, 3.63) is 23.8 Å². The molecule has 96 valence electrons. The van der Waals surface area contributed by atoms with Gasteiger partial charge in [0.1, 0.15) is 0 Å². The molecule has 0 amide bonds. The van der Waals surface area contributed by atoms with Crippen LogP contribution in [0.3, 0.4) is 0 Å². The van der Waals surface area contributed by atoms with Crippen molar-refractivity contribution in [1.29, 1.82) is 0 Å². The summed E-state index contributed by atoms with van der Waals surface area (Å²) in [6.45, 7) is 0.00651. The summed E-state index contributed by atoms with van der Waals surface area (Å²) in [7, 11) is -7.23. The molecule has 6 nitrogen and oxygen atoms in total. The van der Waals surface area contributed by atoms with Gasteiger partial charge in [-0.2, -0.15) is 0 Å². The SMILES string of the molecule is CS(=O)(=O)c1ccc(CON)cc1S(C)(=O)=O. The maximum absolute atomic E-state index is 11.5. The Morgan fingerprint density at radius 3 is 2.00 bits per heavy atom. The number of sulfone groups is 2. The van der Waals surface area contributed by atoms with Crippen molar-refractivity contribution in [2.75, 3.05) is 12.5 Å². The van der Waals surface area contributed by atoms with E-state index in [-0.39, 0.29) is 16.4 Å². The summed E-state index contributed by atoms with van der Waals surface area (Å²) in [6, 6.07) is 3.94. The van der Waals surface area contributed by atoms with Crippen molar-refractivity contribution in [3.8, 4) is 0 Å². The molecule has 0 aliphatic rings. The van der Waals surface area contributed by atoms with Crippen molar-refractivity contribution in [3.63, 3.8) is 0 Å². The summed E-state index contributed by atoms with van der Waals surface area (Å²) in [5.74, 6) is 4.88. The van der Waals surface area contributed by atoms with E-state index in [0.29, 0.717) is 5.56 Å². The van der Waals surface area contributed by atoms with Crippen LogP contribution >= 0.6 is 0 Å². The third-order valence-electron chi connectivity index (χ3n) is 2.06. The summed E-state index contributed by atoms with van der Waals surface area (Å²) in [4.78, 5) is 3.91. The first-order chi connectivity index (χ1) is 7.66. The van der Waals surface area contributed by atoms with Gasteiger partial charge in [-0.1, -0.05) is 6.07 Å². The summed E-state index contributed by atoms with van der Waals surface area (Å²) < 4.78 is 45.9. The average Bonchev–Trinajstić information content (AvgIpc) is 2.15. The minimum Gasteiger partial charge on any atom is -0.300 e. The summed E-state index contributed by atoms with van der Waals surface area (Å²) in [6.07, 6.45) is 1.90. The number of rotatable bonds is 4. The lowest BCUT2D eigenvalue weighted by Gasteiger charge is -2.08. The minimum absolute atomic E-state index is 0.00651. The van der Waals surface area contributed by atoms with Crippen LogP contribution in [0.15, 0.2) is 28.0 Å². The second-order valence-corrected chi connectivity index (χ2v) is 7.60. The van der Waals surface area contributed by atoms with Gasteiger partial charge in [0.15, 0.2) is 19.7 Å². The number of nitrogens with two attached hydrogens (primary N) is 1. The molecule has 0 aliphatic carbocycles.